The Morgan fingerprint density at radius 1 is 1.28 bits per heavy atom. The van der Waals surface area contributed by atoms with Gasteiger partial charge in [-0.15, -0.1) is 0 Å². The summed E-state index contributed by atoms with van der Waals surface area (Å²) in [6, 6.07) is 9.47. The van der Waals surface area contributed by atoms with Crippen LogP contribution in [0.2, 0.25) is 0 Å². The lowest BCUT2D eigenvalue weighted by molar-refractivity contribution is -0.108. The van der Waals surface area contributed by atoms with Crippen LogP contribution in [-0.2, 0) is 22.7 Å². The van der Waals surface area contributed by atoms with Crippen LogP contribution < -0.4 is 10.6 Å². The van der Waals surface area contributed by atoms with Gasteiger partial charge in [0.1, 0.15) is 12.6 Å². The fraction of sp³-hybridized carbons (Fsp3) is 0.250. The molecular formula is C20H20FN3O5. The Balaban J connectivity index is 1.77. The van der Waals surface area contributed by atoms with Gasteiger partial charge in [-0.2, -0.15) is 0 Å². The highest BCUT2D eigenvalue weighted by Crippen LogP contribution is 2.27. The van der Waals surface area contributed by atoms with Gasteiger partial charge in [0.25, 0.3) is 5.91 Å². The average Bonchev–Trinajstić information content (AvgIpc) is 3.01. The maximum atomic E-state index is 13.3. The van der Waals surface area contributed by atoms with Gasteiger partial charge in [0.2, 0.25) is 6.41 Å². The van der Waals surface area contributed by atoms with Gasteiger partial charge in [0.15, 0.2) is 0 Å². The van der Waals surface area contributed by atoms with Gasteiger partial charge in [-0.3, -0.25) is 14.9 Å². The molecule has 0 bridgehead atoms. The van der Waals surface area contributed by atoms with Crippen molar-refractivity contribution in [1.82, 2.24) is 15.5 Å². The third kappa shape index (κ3) is 4.95. The molecule has 1 aliphatic rings. The van der Waals surface area contributed by atoms with Crippen LogP contribution in [0.15, 0.2) is 42.5 Å². The Hall–Kier alpha value is -3.30. The minimum absolute atomic E-state index is 0.133. The highest BCUT2D eigenvalue weighted by Gasteiger charge is 2.30. The van der Waals surface area contributed by atoms with Crippen molar-refractivity contribution >= 4 is 18.3 Å². The zero-order valence-corrected chi connectivity index (χ0v) is 15.4. The molecule has 0 saturated carbocycles. The minimum Gasteiger partial charge on any atom is -0.371 e. The zero-order valence-electron chi connectivity index (χ0n) is 15.4. The molecule has 2 aromatic rings. The number of benzene rings is 2. The fourth-order valence-electron chi connectivity index (χ4n) is 3.24. The SMILES string of the molecule is O=CNC(=O)N[C@@H](CN1Cc2cc(COCO)ccc2C1=O)c1ccc(F)cc1. The van der Waals surface area contributed by atoms with Gasteiger partial charge >= 0.3 is 6.03 Å². The molecule has 1 aliphatic heterocycles. The predicted octanol–water partition coefficient (Wildman–Crippen LogP) is 1.44. The van der Waals surface area contributed by atoms with Crippen molar-refractivity contribution < 1.29 is 28.6 Å². The monoisotopic (exact) mass is 401 g/mol. The van der Waals surface area contributed by atoms with E-state index in [1.807, 2.05) is 11.4 Å². The number of rotatable bonds is 8. The number of imide groups is 1. The summed E-state index contributed by atoms with van der Waals surface area (Å²) < 4.78 is 18.2. The van der Waals surface area contributed by atoms with Gasteiger partial charge in [0, 0.05) is 18.7 Å². The quantitative estimate of drug-likeness (QED) is 0.458. The topological polar surface area (TPSA) is 108 Å². The van der Waals surface area contributed by atoms with Crippen molar-refractivity contribution in [2.24, 2.45) is 0 Å². The lowest BCUT2D eigenvalue weighted by atomic mass is 10.1. The Kier molecular flexibility index (Phi) is 6.53. The number of carbonyl (C=O) groups excluding carboxylic acids is 3. The zero-order chi connectivity index (χ0) is 20.8. The number of halogens is 1. The Bertz CT molecular complexity index is 903. The molecule has 0 fully saturated rings. The summed E-state index contributed by atoms with van der Waals surface area (Å²) in [6.45, 7) is 0.295. The number of aliphatic hydroxyl groups is 1. The van der Waals surface area contributed by atoms with Crippen LogP contribution in [0.4, 0.5) is 9.18 Å². The highest BCUT2D eigenvalue weighted by atomic mass is 19.1. The van der Waals surface area contributed by atoms with E-state index in [9.17, 15) is 18.8 Å². The summed E-state index contributed by atoms with van der Waals surface area (Å²) in [5, 5.41) is 13.4. The molecule has 152 valence electrons. The standard InChI is InChI=1S/C20H20FN3O5/c21-16-4-2-14(3-5-16)18(23-20(28)22-11-25)9-24-8-15-7-13(10-29-12-26)1-6-17(15)19(24)27/h1-7,11,18,26H,8-10,12H2,(H2,22,23,25,28)/t18-/m0/s1. The molecule has 3 N–H and O–H groups in total. The third-order valence-corrected chi connectivity index (χ3v) is 4.58. The van der Waals surface area contributed by atoms with Crippen molar-refractivity contribution in [3.05, 3.63) is 70.5 Å². The van der Waals surface area contributed by atoms with Crippen LogP contribution in [0, 0.1) is 5.82 Å². The molecule has 1 heterocycles. The second-order valence-corrected chi connectivity index (χ2v) is 6.49. The van der Waals surface area contributed by atoms with Crippen molar-refractivity contribution in [3.63, 3.8) is 0 Å². The first-order chi connectivity index (χ1) is 14.0. The van der Waals surface area contributed by atoms with E-state index in [0.29, 0.717) is 17.7 Å². The predicted molar refractivity (Wildman–Crippen MR) is 99.9 cm³/mol. The molecule has 3 rings (SSSR count). The van der Waals surface area contributed by atoms with E-state index >= 15 is 0 Å². The van der Waals surface area contributed by atoms with Gasteiger partial charge in [-0.05, 0) is 34.9 Å². The van der Waals surface area contributed by atoms with Crippen LogP contribution in [0.25, 0.3) is 0 Å². The van der Waals surface area contributed by atoms with Crippen molar-refractivity contribution in [3.8, 4) is 0 Å². The van der Waals surface area contributed by atoms with E-state index in [2.05, 4.69) is 5.32 Å². The Labute approximate surface area is 166 Å². The first-order valence-corrected chi connectivity index (χ1v) is 8.87. The maximum Gasteiger partial charge on any atom is 0.321 e. The van der Waals surface area contributed by atoms with Crippen LogP contribution >= 0.6 is 0 Å². The molecular weight excluding hydrogens is 381 g/mol. The highest BCUT2D eigenvalue weighted by molar-refractivity contribution is 5.98. The summed E-state index contributed by atoms with van der Waals surface area (Å²) in [5.41, 5.74) is 2.77. The van der Waals surface area contributed by atoms with Crippen molar-refractivity contribution in [2.45, 2.75) is 19.2 Å². The first kappa shape index (κ1) is 20.4. The molecule has 0 spiro atoms. The lowest BCUT2D eigenvalue weighted by Gasteiger charge is -2.25. The van der Waals surface area contributed by atoms with Crippen LogP contribution in [0.3, 0.4) is 0 Å². The molecule has 0 saturated heterocycles. The van der Waals surface area contributed by atoms with E-state index in [-0.39, 0.29) is 25.5 Å². The van der Waals surface area contributed by atoms with E-state index in [1.165, 1.54) is 24.3 Å². The average molecular weight is 401 g/mol. The number of hydrogen-bond donors (Lipinski definition) is 3. The summed E-state index contributed by atoms with van der Waals surface area (Å²) in [7, 11) is 0. The molecule has 2 aromatic carbocycles. The number of nitrogens with zero attached hydrogens (tertiary/aromatic N) is 1. The minimum atomic E-state index is -0.720. The molecule has 0 unspecified atom stereocenters. The first-order valence-electron chi connectivity index (χ1n) is 8.87. The largest absolute Gasteiger partial charge is 0.371 e. The Morgan fingerprint density at radius 3 is 2.72 bits per heavy atom. The number of nitrogens with one attached hydrogen (secondary N) is 2. The molecule has 9 heteroatoms. The van der Waals surface area contributed by atoms with Gasteiger partial charge < -0.3 is 20.1 Å². The van der Waals surface area contributed by atoms with Gasteiger partial charge in [-0.1, -0.05) is 24.3 Å². The van der Waals surface area contributed by atoms with E-state index in [1.54, 1.807) is 17.0 Å². The summed E-state index contributed by atoms with van der Waals surface area (Å²) in [6.07, 6.45) is 0.254. The molecule has 0 aliphatic carbocycles. The number of hydrogen-bond acceptors (Lipinski definition) is 5. The molecule has 0 aromatic heterocycles. The molecule has 4 amide bonds. The lowest BCUT2D eigenvalue weighted by Crippen LogP contribution is -2.42. The number of urea groups is 1. The van der Waals surface area contributed by atoms with E-state index < -0.39 is 24.7 Å². The van der Waals surface area contributed by atoms with E-state index in [4.69, 9.17) is 9.84 Å². The van der Waals surface area contributed by atoms with Crippen LogP contribution in [0.5, 0.6) is 0 Å². The van der Waals surface area contributed by atoms with Gasteiger partial charge in [-0.25, -0.2) is 9.18 Å². The fourth-order valence-corrected chi connectivity index (χ4v) is 3.24. The van der Waals surface area contributed by atoms with Crippen molar-refractivity contribution in [2.75, 3.05) is 13.3 Å². The van der Waals surface area contributed by atoms with Crippen LogP contribution in [0.1, 0.15) is 33.1 Å². The molecule has 29 heavy (non-hydrogen) atoms. The number of fused-ring (bicyclic) bond motifs is 1. The Morgan fingerprint density at radius 2 is 2.03 bits per heavy atom. The summed E-state index contributed by atoms with van der Waals surface area (Å²) in [4.78, 5) is 36.7. The van der Waals surface area contributed by atoms with Crippen LogP contribution in [-0.4, -0.2) is 41.7 Å². The molecule has 0 radical (unpaired) electrons. The van der Waals surface area contributed by atoms with Crippen molar-refractivity contribution in [1.29, 1.82) is 0 Å². The third-order valence-electron chi connectivity index (χ3n) is 4.58. The second-order valence-electron chi connectivity index (χ2n) is 6.49. The number of amides is 4. The number of aliphatic hydroxyl groups excluding tert-OH is 1. The number of ether oxygens (including phenoxy) is 1. The maximum absolute atomic E-state index is 13.3. The second kappa shape index (κ2) is 9.26. The summed E-state index contributed by atoms with van der Waals surface area (Å²) in [5.74, 6) is -0.619. The van der Waals surface area contributed by atoms with Gasteiger partial charge in [0.05, 0.1) is 12.6 Å². The molecule has 8 nitrogen and oxygen atoms in total. The normalized spacial score (nSPS) is 13.7. The number of carbonyl (C=O) groups is 3. The smallest absolute Gasteiger partial charge is 0.321 e. The van der Waals surface area contributed by atoms with E-state index in [0.717, 1.165) is 11.1 Å². The molecule has 1 atom stereocenters. The summed E-state index contributed by atoms with van der Waals surface area (Å²) >= 11 is 0.